The van der Waals surface area contributed by atoms with Gasteiger partial charge in [0.15, 0.2) is 0 Å². The molecule has 0 aliphatic rings. The summed E-state index contributed by atoms with van der Waals surface area (Å²) in [4.78, 5) is 11.6. The van der Waals surface area contributed by atoms with Gasteiger partial charge in [-0.1, -0.05) is 6.92 Å². The monoisotopic (exact) mass is 255 g/mol. The minimum absolute atomic E-state index is 0.0192. The van der Waals surface area contributed by atoms with Gasteiger partial charge in [-0.25, -0.2) is 4.79 Å². The molecule has 18 heavy (non-hydrogen) atoms. The van der Waals surface area contributed by atoms with Crippen LogP contribution in [0.4, 0.5) is 4.79 Å². The van der Waals surface area contributed by atoms with Crippen LogP contribution in [0.1, 0.15) is 41.0 Å². The van der Waals surface area contributed by atoms with Crippen LogP contribution in [0.25, 0.3) is 0 Å². The molecule has 2 unspecified atom stereocenters. The number of rotatable bonds is 6. The van der Waals surface area contributed by atoms with Crippen molar-refractivity contribution >= 4 is 6.09 Å². The van der Waals surface area contributed by atoms with Crippen LogP contribution >= 0.6 is 0 Å². The molecular weight excluding hydrogens is 230 g/mol. The first kappa shape index (κ1) is 16.7. The van der Waals surface area contributed by atoms with Gasteiger partial charge in [-0.2, -0.15) is 5.26 Å². The Balaban J connectivity index is 3.97. The molecule has 0 heterocycles. The SMILES string of the molecule is CCC(CNCC(C)C#N)NC(=O)OC(C)(C)C. The number of carbonyl (C=O) groups excluding carboxylic acids is 1. The molecule has 5 nitrogen and oxygen atoms in total. The maximum Gasteiger partial charge on any atom is 0.407 e. The van der Waals surface area contributed by atoms with Gasteiger partial charge in [0.2, 0.25) is 0 Å². The van der Waals surface area contributed by atoms with Crippen molar-refractivity contribution in [2.24, 2.45) is 5.92 Å². The minimum atomic E-state index is -0.481. The molecule has 0 bridgehead atoms. The van der Waals surface area contributed by atoms with Gasteiger partial charge in [0.25, 0.3) is 0 Å². The average molecular weight is 255 g/mol. The van der Waals surface area contributed by atoms with E-state index in [9.17, 15) is 4.79 Å². The third-order valence-corrected chi connectivity index (χ3v) is 2.28. The van der Waals surface area contributed by atoms with Crippen LogP contribution < -0.4 is 10.6 Å². The zero-order valence-electron chi connectivity index (χ0n) is 12.0. The number of nitrogens with zero attached hydrogens (tertiary/aromatic N) is 1. The highest BCUT2D eigenvalue weighted by Gasteiger charge is 2.18. The van der Waals surface area contributed by atoms with Crippen LogP contribution in [0, 0.1) is 17.2 Å². The highest BCUT2D eigenvalue weighted by molar-refractivity contribution is 5.68. The number of nitrogens with one attached hydrogen (secondary N) is 2. The Bertz CT molecular complexity index is 292. The lowest BCUT2D eigenvalue weighted by molar-refractivity contribution is 0.0502. The van der Waals surface area contributed by atoms with Crippen LogP contribution in [-0.4, -0.2) is 30.8 Å². The summed E-state index contributed by atoms with van der Waals surface area (Å²) in [6, 6.07) is 2.17. The second kappa shape index (κ2) is 7.93. The van der Waals surface area contributed by atoms with Gasteiger partial charge in [-0.05, 0) is 34.1 Å². The standard InChI is InChI=1S/C13H25N3O2/c1-6-11(9-15-8-10(2)7-14)16-12(17)18-13(3,4)5/h10-11,15H,6,8-9H2,1-5H3,(H,16,17). The van der Waals surface area contributed by atoms with Gasteiger partial charge in [0.05, 0.1) is 12.0 Å². The van der Waals surface area contributed by atoms with Crippen molar-refractivity contribution in [1.82, 2.24) is 10.6 Å². The van der Waals surface area contributed by atoms with Crippen LogP contribution in [0.3, 0.4) is 0 Å². The van der Waals surface area contributed by atoms with E-state index in [1.165, 1.54) is 0 Å². The van der Waals surface area contributed by atoms with Crippen molar-refractivity contribution < 1.29 is 9.53 Å². The molecule has 0 aromatic heterocycles. The molecule has 0 spiro atoms. The van der Waals surface area contributed by atoms with Crippen LogP contribution in [0.2, 0.25) is 0 Å². The number of hydrogen-bond donors (Lipinski definition) is 2. The molecule has 1 amide bonds. The minimum Gasteiger partial charge on any atom is -0.444 e. The Kier molecular flexibility index (Phi) is 7.37. The first-order valence-corrected chi connectivity index (χ1v) is 6.38. The molecule has 104 valence electrons. The Morgan fingerprint density at radius 2 is 2.00 bits per heavy atom. The van der Waals surface area contributed by atoms with Crippen molar-refractivity contribution in [2.75, 3.05) is 13.1 Å². The molecular formula is C13H25N3O2. The second-order valence-electron chi connectivity index (χ2n) is 5.44. The van der Waals surface area contributed by atoms with Gasteiger partial charge in [0.1, 0.15) is 5.60 Å². The molecule has 0 saturated carbocycles. The molecule has 5 heteroatoms. The van der Waals surface area contributed by atoms with E-state index in [4.69, 9.17) is 10.00 Å². The topological polar surface area (TPSA) is 74.2 Å². The number of nitriles is 1. The highest BCUT2D eigenvalue weighted by atomic mass is 16.6. The van der Waals surface area contributed by atoms with E-state index in [1.54, 1.807) is 0 Å². The molecule has 0 aliphatic carbocycles. The van der Waals surface area contributed by atoms with Crippen LogP contribution in [0.15, 0.2) is 0 Å². The Morgan fingerprint density at radius 3 is 2.44 bits per heavy atom. The van der Waals surface area contributed by atoms with E-state index in [1.807, 2.05) is 34.6 Å². The van der Waals surface area contributed by atoms with Crippen LogP contribution in [-0.2, 0) is 4.74 Å². The van der Waals surface area contributed by atoms with Gasteiger partial charge in [-0.15, -0.1) is 0 Å². The maximum absolute atomic E-state index is 11.6. The summed E-state index contributed by atoms with van der Waals surface area (Å²) >= 11 is 0. The van der Waals surface area contributed by atoms with Gasteiger partial charge in [-0.3, -0.25) is 0 Å². The normalized spacial score (nSPS) is 14.4. The van der Waals surface area contributed by atoms with E-state index in [-0.39, 0.29) is 12.0 Å². The summed E-state index contributed by atoms with van der Waals surface area (Å²) in [7, 11) is 0. The third-order valence-electron chi connectivity index (χ3n) is 2.28. The largest absolute Gasteiger partial charge is 0.444 e. The number of hydrogen-bond acceptors (Lipinski definition) is 4. The zero-order chi connectivity index (χ0) is 14.2. The zero-order valence-corrected chi connectivity index (χ0v) is 12.0. The molecule has 0 aromatic carbocycles. The summed E-state index contributed by atoms with van der Waals surface area (Å²) < 4.78 is 5.19. The fourth-order valence-corrected chi connectivity index (χ4v) is 1.29. The van der Waals surface area contributed by atoms with Crippen molar-refractivity contribution in [1.29, 1.82) is 5.26 Å². The van der Waals surface area contributed by atoms with E-state index >= 15 is 0 Å². The molecule has 0 rings (SSSR count). The first-order chi connectivity index (χ1) is 8.28. The van der Waals surface area contributed by atoms with Crippen molar-refractivity contribution in [3.05, 3.63) is 0 Å². The number of carbonyl (C=O) groups is 1. The van der Waals surface area contributed by atoms with E-state index in [2.05, 4.69) is 16.7 Å². The van der Waals surface area contributed by atoms with Gasteiger partial charge < -0.3 is 15.4 Å². The Labute approximate surface area is 110 Å². The molecule has 0 aliphatic heterocycles. The Morgan fingerprint density at radius 1 is 1.39 bits per heavy atom. The second-order valence-corrected chi connectivity index (χ2v) is 5.44. The third kappa shape index (κ3) is 8.82. The van der Waals surface area contributed by atoms with Crippen LogP contribution in [0.5, 0.6) is 0 Å². The molecule has 0 aromatic rings. The Hall–Kier alpha value is -1.28. The van der Waals surface area contributed by atoms with Crippen molar-refractivity contribution in [3.63, 3.8) is 0 Å². The lowest BCUT2D eigenvalue weighted by atomic mass is 10.2. The first-order valence-electron chi connectivity index (χ1n) is 6.38. The van der Waals surface area contributed by atoms with E-state index in [0.717, 1.165) is 6.42 Å². The van der Waals surface area contributed by atoms with E-state index < -0.39 is 11.7 Å². The van der Waals surface area contributed by atoms with E-state index in [0.29, 0.717) is 13.1 Å². The number of ether oxygens (including phenoxy) is 1. The molecule has 0 saturated heterocycles. The summed E-state index contributed by atoms with van der Waals surface area (Å²) in [5.41, 5.74) is -0.481. The van der Waals surface area contributed by atoms with Crippen molar-refractivity contribution in [3.8, 4) is 6.07 Å². The quantitative estimate of drug-likeness (QED) is 0.761. The predicted octanol–water partition coefficient (Wildman–Crippen LogP) is 2.04. The average Bonchev–Trinajstić information content (AvgIpc) is 2.24. The molecule has 2 N–H and O–H groups in total. The predicted molar refractivity (Wildman–Crippen MR) is 71.1 cm³/mol. The summed E-state index contributed by atoms with van der Waals surface area (Å²) in [6.45, 7) is 10.6. The summed E-state index contributed by atoms with van der Waals surface area (Å²) in [6.07, 6.45) is 0.414. The van der Waals surface area contributed by atoms with Crippen molar-refractivity contribution in [2.45, 2.75) is 52.7 Å². The maximum atomic E-state index is 11.6. The lowest BCUT2D eigenvalue weighted by Gasteiger charge is -2.23. The number of amides is 1. The molecule has 0 fully saturated rings. The molecule has 0 radical (unpaired) electrons. The van der Waals surface area contributed by atoms with Gasteiger partial charge >= 0.3 is 6.09 Å². The lowest BCUT2D eigenvalue weighted by Crippen LogP contribution is -2.44. The van der Waals surface area contributed by atoms with Gasteiger partial charge in [0, 0.05) is 19.1 Å². The highest BCUT2D eigenvalue weighted by Crippen LogP contribution is 2.07. The summed E-state index contributed by atoms with van der Waals surface area (Å²) in [5, 5.41) is 14.6. The fraction of sp³-hybridized carbons (Fsp3) is 0.846. The fourth-order valence-electron chi connectivity index (χ4n) is 1.29. The smallest absolute Gasteiger partial charge is 0.407 e. The number of alkyl carbamates (subject to hydrolysis) is 1. The molecule has 2 atom stereocenters. The summed E-state index contributed by atoms with van der Waals surface area (Å²) in [5.74, 6) is -0.0240.